The largest absolute Gasteiger partial charge is 0.294 e. The van der Waals surface area contributed by atoms with Crippen molar-refractivity contribution in [3.8, 4) is 0 Å². The Morgan fingerprint density at radius 2 is 1.46 bits per heavy atom. The first-order valence-electron chi connectivity index (χ1n) is 8.86. The highest BCUT2D eigenvalue weighted by molar-refractivity contribution is 7.91. The van der Waals surface area contributed by atoms with Crippen LogP contribution >= 0.6 is 11.6 Å². The zero-order valence-electron chi connectivity index (χ0n) is 15.4. The summed E-state index contributed by atoms with van der Waals surface area (Å²) in [5.41, 5.74) is 1.92. The van der Waals surface area contributed by atoms with E-state index in [0.717, 1.165) is 11.1 Å². The van der Waals surface area contributed by atoms with Crippen molar-refractivity contribution >= 4 is 21.4 Å². The van der Waals surface area contributed by atoms with Crippen molar-refractivity contribution in [3.05, 3.63) is 101 Å². The van der Waals surface area contributed by atoms with Gasteiger partial charge in [0.05, 0.1) is 16.7 Å². The average Bonchev–Trinajstić information content (AvgIpc) is 2.69. The quantitative estimate of drug-likeness (QED) is 0.544. The van der Waals surface area contributed by atoms with E-state index in [4.69, 9.17) is 11.6 Å². The van der Waals surface area contributed by atoms with Crippen molar-refractivity contribution in [2.24, 2.45) is 0 Å². The second kappa shape index (κ2) is 8.86. The van der Waals surface area contributed by atoms with Gasteiger partial charge in [-0.1, -0.05) is 54.1 Å². The van der Waals surface area contributed by atoms with Crippen LogP contribution < -0.4 is 0 Å². The first kappa shape index (κ1) is 20.5. The molecule has 0 heterocycles. The highest BCUT2D eigenvalue weighted by atomic mass is 35.5. The van der Waals surface area contributed by atoms with Crippen LogP contribution in [-0.2, 0) is 9.84 Å². The van der Waals surface area contributed by atoms with Gasteiger partial charge in [-0.25, -0.2) is 12.8 Å². The van der Waals surface area contributed by atoms with Gasteiger partial charge in [-0.05, 0) is 54.6 Å². The van der Waals surface area contributed by atoms with Gasteiger partial charge in [0.2, 0.25) is 0 Å². The Labute approximate surface area is 170 Å². The van der Waals surface area contributed by atoms with Crippen LogP contribution in [0.15, 0.2) is 83.8 Å². The lowest BCUT2D eigenvalue weighted by Crippen LogP contribution is -2.30. The predicted molar refractivity (Wildman–Crippen MR) is 111 cm³/mol. The molecule has 0 bridgehead atoms. The summed E-state index contributed by atoms with van der Waals surface area (Å²) in [6, 6.07) is 22.1. The maximum atomic E-state index is 13.4. The lowest BCUT2D eigenvalue weighted by atomic mass is 9.97. The van der Waals surface area contributed by atoms with Gasteiger partial charge in [0.25, 0.3) is 0 Å². The maximum Gasteiger partial charge on any atom is 0.179 e. The van der Waals surface area contributed by atoms with Crippen molar-refractivity contribution < 1.29 is 12.8 Å². The topological polar surface area (TPSA) is 37.4 Å². The van der Waals surface area contributed by atoms with E-state index in [2.05, 4.69) is 0 Å². The molecule has 0 aromatic heterocycles. The van der Waals surface area contributed by atoms with E-state index in [1.165, 1.54) is 24.3 Å². The Morgan fingerprint density at radius 3 is 2.07 bits per heavy atom. The molecule has 0 aliphatic rings. The van der Waals surface area contributed by atoms with Gasteiger partial charge in [0.1, 0.15) is 5.82 Å². The lowest BCUT2D eigenvalue weighted by molar-refractivity contribution is 0.295. The number of hydrogen-bond donors (Lipinski definition) is 0. The van der Waals surface area contributed by atoms with Crippen LogP contribution in [0.2, 0.25) is 5.02 Å². The van der Waals surface area contributed by atoms with E-state index < -0.39 is 9.84 Å². The minimum Gasteiger partial charge on any atom is -0.294 e. The Hall–Kier alpha value is -2.21. The summed E-state index contributed by atoms with van der Waals surface area (Å²) in [4.78, 5) is 2.22. The summed E-state index contributed by atoms with van der Waals surface area (Å²) < 4.78 is 38.7. The number of hydrogen-bond acceptors (Lipinski definition) is 3. The maximum absolute atomic E-state index is 13.4. The molecular formula is C22H21ClFNO2S. The van der Waals surface area contributed by atoms with E-state index in [-0.39, 0.29) is 22.5 Å². The number of rotatable bonds is 7. The van der Waals surface area contributed by atoms with Crippen LogP contribution in [-0.4, -0.2) is 32.7 Å². The normalized spacial score (nSPS) is 12.9. The summed E-state index contributed by atoms with van der Waals surface area (Å²) in [6.45, 7) is 0.321. The van der Waals surface area contributed by atoms with Crippen LogP contribution in [0.1, 0.15) is 17.2 Å². The number of benzene rings is 3. The highest BCUT2D eigenvalue weighted by Crippen LogP contribution is 2.28. The van der Waals surface area contributed by atoms with Crippen molar-refractivity contribution in [2.45, 2.75) is 10.9 Å². The van der Waals surface area contributed by atoms with Gasteiger partial charge in [-0.15, -0.1) is 0 Å². The second-order valence-corrected chi connectivity index (χ2v) is 9.16. The molecule has 0 fully saturated rings. The summed E-state index contributed by atoms with van der Waals surface area (Å²) in [6.07, 6.45) is 0. The average molecular weight is 418 g/mol. The summed E-state index contributed by atoms with van der Waals surface area (Å²) in [7, 11) is -1.56. The molecule has 0 N–H and O–H groups in total. The SMILES string of the molecule is CN(CCS(=O)(=O)c1ccc(Cl)cc1)C(c1ccccc1)c1ccc(F)cc1. The van der Waals surface area contributed by atoms with Crippen molar-refractivity contribution in [3.63, 3.8) is 0 Å². The van der Waals surface area contributed by atoms with Crippen LogP contribution in [0, 0.1) is 5.82 Å². The zero-order valence-corrected chi connectivity index (χ0v) is 17.0. The third kappa shape index (κ3) is 4.98. The molecule has 146 valence electrons. The fraction of sp³-hybridized carbons (Fsp3) is 0.182. The number of nitrogens with zero attached hydrogens (tertiary/aromatic N) is 1. The van der Waals surface area contributed by atoms with Gasteiger partial charge in [-0.3, -0.25) is 4.90 Å². The Balaban J connectivity index is 1.82. The zero-order chi connectivity index (χ0) is 20.1. The molecule has 3 aromatic rings. The molecule has 6 heteroatoms. The number of halogens is 2. The molecule has 3 nitrogen and oxygen atoms in total. The standard InChI is InChI=1S/C22H21ClFNO2S/c1-25(15-16-28(26,27)21-13-9-19(23)10-14-21)22(17-5-3-2-4-6-17)18-7-11-20(24)12-8-18/h2-14,22H,15-16H2,1H3. The van der Waals surface area contributed by atoms with Gasteiger partial charge in [0, 0.05) is 11.6 Å². The Kier molecular flexibility index (Phi) is 6.50. The minimum atomic E-state index is -3.44. The van der Waals surface area contributed by atoms with Crippen LogP contribution in [0.25, 0.3) is 0 Å². The summed E-state index contributed by atoms with van der Waals surface area (Å²) in [5, 5.41) is 0.497. The van der Waals surface area contributed by atoms with E-state index >= 15 is 0 Å². The van der Waals surface area contributed by atoms with Crippen molar-refractivity contribution in [2.75, 3.05) is 19.3 Å². The first-order valence-corrected chi connectivity index (χ1v) is 10.9. The molecule has 3 aromatic carbocycles. The van der Waals surface area contributed by atoms with E-state index in [0.29, 0.717) is 11.6 Å². The molecule has 28 heavy (non-hydrogen) atoms. The molecule has 0 spiro atoms. The van der Waals surface area contributed by atoms with Crippen LogP contribution in [0.4, 0.5) is 4.39 Å². The van der Waals surface area contributed by atoms with Gasteiger partial charge >= 0.3 is 0 Å². The third-order valence-corrected chi connectivity index (χ3v) is 6.59. The van der Waals surface area contributed by atoms with Gasteiger partial charge in [-0.2, -0.15) is 0 Å². The molecule has 0 saturated heterocycles. The fourth-order valence-corrected chi connectivity index (χ4v) is 4.58. The van der Waals surface area contributed by atoms with Crippen molar-refractivity contribution in [1.29, 1.82) is 0 Å². The Bertz CT molecular complexity index is 1010. The monoisotopic (exact) mass is 417 g/mol. The molecule has 1 atom stereocenters. The highest BCUT2D eigenvalue weighted by Gasteiger charge is 2.22. The van der Waals surface area contributed by atoms with Gasteiger partial charge < -0.3 is 0 Å². The molecule has 0 saturated carbocycles. The molecule has 0 aliphatic carbocycles. The Morgan fingerprint density at radius 1 is 0.893 bits per heavy atom. The smallest absolute Gasteiger partial charge is 0.179 e. The summed E-state index contributed by atoms with van der Waals surface area (Å²) >= 11 is 5.85. The molecule has 0 aliphatic heterocycles. The second-order valence-electron chi connectivity index (χ2n) is 6.62. The summed E-state index contributed by atoms with van der Waals surface area (Å²) in [5.74, 6) is -0.334. The van der Waals surface area contributed by atoms with Crippen LogP contribution in [0.3, 0.4) is 0 Å². The van der Waals surface area contributed by atoms with E-state index in [1.807, 2.05) is 42.3 Å². The van der Waals surface area contributed by atoms with Gasteiger partial charge in [0.15, 0.2) is 9.84 Å². The van der Waals surface area contributed by atoms with Crippen LogP contribution in [0.5, 0.6) is 0 Å². The first-order chi connectivity index (χ1) is 13.4. The van der Waals surface area contributed by atoms with E-state index in [9.17, 15) is 12.8 Å². The fourth-order valence-electron chi connectivity index (χ4n) is 3.13. The lowest BCUT2D eigenvalue weighted by Gasteiger charge is -2.29. The molecular weight excluding hydrogens is 397 g/mol. The van der Waals surface area contributed by atoms with Crippen molar-refractivity contribution in [1.82, 2.24) is 4.90 Å². The predicted octanol–water partition coefficient (Wildman–Crippen LogP) is 4.97. The third-order valence-electron chi connectivity index (χ3n) is 4.63. The molecule has 0 radical (unpaired) electrons. The molecule has 3 rings (SSSR count). The minimum absolute atomic E-state index is 0.0321. The van der Waals surface area contributed by atoms with E-state index in [1.54, 1.807) is 24.3 Å². The number of sulfone groups is 1. The molecule has 1 unspecified atom stereocenters. The molecule has 0 amide bonds.